The molecular weight excluding hydrogens is 364 g/mol. The van der Waals surface area contributed by atoms with Crippen molar-refractivity contribution in [1.29, 1.82) is 0 Å². The number of rotatable bonds is 8. The van der Waals surface area contributed by atoms with Crippen LogP contribution in [0.3, 0.4) is 0 Å². The molecule has 2 aromatic rings. The molecule has 0 saturated heterocycles. The minimum Gasteiger partial charge on any atom is -0.478 e. The number of aliphatic hydroxyl groups excluding tert-OH is 1. The molecule has 28 heavy (non-hydrogen) atoms. The molecule has 0 aliphatic carbocycles. The summed E-state index contributed by atoms with van der Waals surface area (Å²) < 4.78 is 9.78. The van der Waals surface area contributed by atoms with Crippen molar-refractivity contribution in [2.24, 2.45) is 0 Å². The third kappa shape index (κ3) is 5.78. The lowest BCUT2D eigenvalue weighted by molar-refractivity contribution is -0.142. The lowest BCUT2D eigenvalue weighted by atomic mass is 10.0. The highest BCUT2D eigenvalue weighted by atomic mass is 16.6. The number of carboxylic acids is 1. The van der Waals surface area contributed by atoms with Crippen LogP contribution >= 0.6 is 0 Å². The zero-order valence-corrected chi connectivity index (χ0v) is 15.3. The Morgan fingerprint density at radius 3 is 1.82 bits per heavy atom. The molecule has 2 rings (SSSR count). The second kappa shape index (κ2) is 9.48. The summed E-state index contributed by atoms with van der Waals surface area (Å²) in [6.45, 7) is 4.29. The summed E-state index contributed by atoms with van der Waals surface area (Å²) in [6.07, 6.45) is -1.14. The number of carboxylic acid groups (broad SMARTS) is 1. The minimum absolute atomic E-state index is 0.191. The molecule has 0 aliphatic heterocycles. The van der Waals surface area contributed by atoms with E-state index in [-0.39, 0.29) is 29.9 Å². The normalized spacial score (nSPS) is 11.4. The molecular formula is C21H20O7. The summed E-state index contributed by atoms with van der Waals surface area (Å²) in [7, 11) is 0. The van der Waals surface area contributed by atoms with Crippen LogP contribution in [0, 0.1) is 0 Å². The largest absolute Gasteiger partial charge is 0.478 e. The van der Waals surface area contributed by atoms with Gasteiger partial charge in [-0.2, -0.15) is 0 Å². The average molecular weight is 384 g/mol. The van der Waals surface area contributed by atoms with Gasteiger partial charge in [-0.05, 0) is 42.3 Å². The summed E-state index contributed by atoms with van der Waals surface area (Å²) in [5, 5.41) is 18.6. The number of hydrogen-bond donors (Lipinski definition) is 2. The molecule has 2 aromatic carbocycles. The molecule has 0 saturated carbocycles. The fourth-order valence-corrected chi connectivity index (χ4v) is 2.20. The first-order valence-corrected chi connectivity index (χ1v) is 8.39. The van der Waals surface area contributed by atoms with E-state index in [9.17, 15) is 19.5 Å². The van der Waals surface area contributed by atoms with Crippen LogP contribution in [0.5, 0.6) is 0 Å². The van der Waals surface area contributed by atoms with Crippen LogP contribution in [0.25, 0.3) is 11.1 Å². The van der Waals surface area contributed by atoms with Crippen LogP contribution in [-0.4, -0.2) is 47.4 Å². The van der Waals surface area contributed by atoms with E-state index in [2.05, 4.69) is 6.58 Å². The van der Waals surface area contributed by atoms with Gasteiger partial charge in [0.1, 0.15) is 19.3 Å². The quantitative estimate of drug-likeness (QED) is 0.532. The zero-order valence-electron chi connectivity index (χ0n) is 15.3. The molecule has 0 spiro atoms. The van der Waals surface area contributed by atoms with E-state index in [0.29, 0.717) is 0 Å². The van der Waals surface area contributed by atoms with Crippen LogP contribution in [0.4, 0.5) is 0 Å². The summed E-state index contributed by atoms with van der Waals surface area (Å²) in [4.78, 5) is 34.2. The molecule has 0 bridgehead atoms. The van der Waals surface area contributed by atoms with Crippen LogP contribution in [-0.2, 0) is 14.3 Å². The van der Waals surface area contributed by atoms with Gasteiger partial charge >= 0.3 is 17.9 Å². The van der Waals surface area contributed by atoms with E-state index >= 15 is 0 Å². The Labute approximate surface area is 161 Å². The Morgan fingerprint density at radius 2 is 1.36 bits per heavy atom. The van der Waals surface area contributed by atoms with Crippen LogP contribution in [0.2, 0.25) is 0 Å². The number of aromatic carboxylic acids is 1. The highest BCUT2D eigenvalue weighted by Gasteiger charge is 2.14. The summed E-state index contributed by atoms with van der Waals surface area (Å²) >= 11 is 0. The molecule has 0 aliphatic rings. The number of ether oxygens (including phenoxy) is 2. The van der Waals surface area contributed by atoms with Crippen molar-refractivity contribution in [2.45, 2.75) is 13.0 Å². The monoisotopic (exact) mass is 384 g/mol. The number of benzene rings is 2. The van der Waals surface area contributed by atoms with Crippen molar-refractivity contribution in [3.63, 3.8) is 0 Å². The van der Waals surface area contributed by atoms with Gasteiger partial charge in [-0.3, -0.25) is 0 Å². The summed E-state index contributed by atoms with van der Waals surface area (Å²) in [5.74, 6) is -2.25. The maximum atomic E-state index is 12.0. The molecule has 0 heterocycles. The minimum atomic E-state index is -1.14. The fraction of sp³-hybridized carbons (Fsp3) is 0.190. The van der Waals surface area contributed by atoms with Crippen LogP contribution in [0.1, 0.15) is 27.6 Å². The van der Waals surface area contributed by atoms with E-state index in [1.165, 1.54) is 19.1 Å². The van der Waals surface area contributed by atoms with Gasteiger partial charge in [0.2, 0.25) is 0 Å². The lowest BCUT2D eigenvalue weighted by Gasteiger charge is -2.12. The highest BCUT2D eigenvalue weighted by molar-refractivity contribution is 5.90. The molecule has 0 fully saturated rings. The standard InChI is InChI=1S/C21H20O7/c1-13(2)20(25)27-11-18(22)12-28-21(26)17-9-5-15(6-10-17)14-3-7-16(8-4-14)19(23)24/h3-10,18,22H,1,11-12H2,2H3,(H,23,24). The summed E-state index contributed by atoms with van der Waals surface area (Å²) in [6, 6.07) is 12.9. The Bertz CT molecular complexity index is 867. The van der Waals surface area contributed by atoms with Crippen molar-refractivity contribution in [3.8, 4) is 11.1 Å². The Hall–Kier alpha value is -3.45. The van der Waals surface area contributed by atoms with Crippen molar-refractivity contribution in [1.82, 2.24) is 0 Å². The summed E-state index contributed by atoms with van der Waals surface area (Å²) in [5.41, 5.74) is 2.30. The van der Waals surface area contributed by atoms with Crippen molar-refractivity contribution in [2.75, 3.05) is 13.2 Å². The number of esters is 2. The van der Waals surface area contributed by atoms with Gasteiger partial charge in [0.15, 0.2) is 0 Å². The molecule has 7 nitrogen and oxygen atoms in total. The van der Waals surface area contributed by atoms with E-state index in [4.69, 9.17) is 14.6 Å². The predicted octanol–water partition coefficient (Wildman–Crippen LogP) is 2.69. The zero-order chi connectivity index (χ0) is 20.7. The Balaban J connectivity index is 1.90. The van der Waals surface area contributed by atoms with Crippen LogP contribution < -0.4 is 0 Å². The van der Waals surface area contributed by atoms with Gasteiger partial charge in [0.05, 0.1) is 11.1 Å². The molecule has 2 N–H and O–H groups in total. The molecule has 7 heteroatoms. The Morgan fingerprint density at radius 1 is 0.893 bits per heavy atom. The first-order valence-electron chi connectivity index (χ1n) is 8.39. The van der Waals surface area contributed by atoms with E-state index in [1.807, 2.05) is 0 Å². The van der Waals surface area contributed by atoms with Crippen LogP contribution in [0.15, 0.2) is 60.7 Å². The topological polar surface area (TPSA) is 110 Å². The van der Waals surface area contributed by atoms with Gasteiger partial charge in [-0.1, -0.05) is 30.8 Å². The van der Waals surface area contributed by atoms with Gasteiger partial charge in [0.25, 0.3) is 0 Å². The second-order valence-electron chi connectivity index (χ2n) is 6.09. The van der Waals surface area contributed by atoms with E-state index in [1.54, 1.807) is 36.4 Å². The first kappa shape index (κ1) is 20.9. The van der Waals surface area contributed by atoms with Gasteiger partial charge < -0.3 is 19.7 Å². The maximum Gasteiger partial charge on any atom is 0.338 e. The molecule has 1 unspecified atom stereocenters. The number of aliphatic hydroxyl groups is 1. The van der Waals surface area contributed by atoms with E-state index in [0.717, 1.165) is 11.1 Å². The third-order valence-electron chi connectivity index (χ3n) is 3.75. The van der Waals surface area contributed by atoms with Crippen molar-refractivity contribution < 1.29 is 34.1 Å². The SMILES string of the molecule is C=C(C)C(=O)OCC(O)COC(=O)c1ccc(-c2ccc(C(=O)O)cc2)cc1. The molecule has 0 amide bonds. The second-order valence-corrected chi connectivity index (χ2v) is 6.09. The molecule has 146 valence electrons. The van der Waals surface area contributed by atoms with E-state index < -0.39 is 24.0 Å². The third-order valence-corrected chi connectivity index (χ3v) is 3.75. The lowest BCUT2D eigenvalue weighted by Crippen LogP contribution is -2.25. The maximum absolute atomic E-state index is 12.0. The molecule has 0 radical (unpaired) electrons. The van der Waals surface area contributed by atoms with Gasteiger partial charge in [-0.25, -0.2) is 14.4 Å². The number of carbonyl (C=O) groups is 3. The number of carbonyl (C=O) groups excluding carboxylic acids is 2. The first-order chi connectivity index (χ1) is 13.3. The smallest absolute Gasteiger partial charge is 0.338 e. The molecule has 0 aromatic heterocycles. The van der Waals surface area contributed by atoms with Crippen molar-refractivity contribution >= 4 is 17.9 Å². The predicted molar refractivity (Wildman–Crippen MR) is 101 cm³/mol. The Kier molecular flexibility index (Phi) is 7.06. The molecule has 1 atom stereocenters. The number of hydrogen-bond acceptors (Lipinski definition) is 6. The van der Waals surface area contributed by atoms with Gasteiger partial charge in [0, 0.05) is 5.57 Å². The average Bonchev–Trinajstić information content (AvgIpc) is 2.70. The van der Waals surface area contributed by atoms with Crippen molar-refractivity contribution in [3.05, 3.63) is 71.8 Å². The van der Waals surface area contributed by atoms with Gasteiger partial charge in [-0.15, -0.1) is 0 Å². The fourth-order valence-electron chi connectivity index (χ4n) is 2.20. The highest BCUT2D eigenvalue weighted by Crippen LogP contribution is 2.20.